The Morgan fingerprint density at radius 2 is 1.96 bits per heavy atom. The highest BCUT2D eigenvalue weighted by atomic mass is 16.7. The molecule has 0 amide bonds. The van der Waals surface area contributed by atoms with Crippen molar-refractivity contribution in [3.63, 3.8) is 0 Å². The van der Waals surface area contributed by atoms with Crippen molar-refractivity contribution < 1.29 is 34.0 Å². The Morgan fingerprint density at radius 1 is 1.23 bits per heavy atom. The summed E-state index contributed by atoms with van der Waals surface area (Å²) < 4.78 is 16.0. The maximum Gasteiger partial charge on any atom is 0.338 e. The van der Waals surface area contributed by atoms with Gasteiger partial charge in [0.2, 0.25) is 0 Å². The quantitative estimate of drug-likeness (QED) is 0.328. The summed E-state index contributed by atoms with van der Waals surface area (Å²) in [5, 5.41) is 21.2. The van der Waals surface area contributed by atoms with E-state index >= 15 is 0 Å². The maximum absolute atomic E-state index is 12.3. The smallest absolute Gasteiger partial charge is 0.338 e. The summed E-state index contributed by atoms with van der Waals surface area (Å²) in [6.45, 7) is 5.42. The van der Waals surface area contributed by atoms with Crippen LogP contribution in [0.5, 0.6) is 0 Å². The van der Waals surface area contributed by atoms with Gasteiger partial charge in [-0.25, -0.2) is 9.59 Å². The van der Waals surface area contributed by atoms with E-state index in [1.54, 1.807) is 6.92 Å². The summed E-state index contributed by atoms with van der Waals surface area (Å²) in [6.07, 6.45) is 0.982. The molecule has 4 aliphatic rings. The van der Waals surface area contributed by atoms with Gasteiger partial charge in [-0.2, -0.15) is 0 Å². The van der Waals surface area contributed by atoms with Crippen molar-refractivity contribution in [1.82, 2.24) is 0 Å². The van der Waals surface area contributed by atoms with Crippen LogP contribution in [0.25, 0.3) is 0 Å². The van der Waals surface area contributed by atoms with Crippen LogP contribution in [0.3, 0.4) is 0 Å². The number of hydrogen-bond donors (Lipinski definition) is 2. The van der Waals surface area contributed by atoms with Gasteiger partial charge in [0.25, 0.3) is 6.29 Å². The first-order chi connectivity index (χ1) is 12.2. The van der Waals surface area contributed by atoms with Crippen LogP contribution >= 0.6 is 0 Å². The number of rotatable bonds is 2. The minimum Gasteiger partial charge on any atom is -0.458 e. The lowest BCUT2D eigenvalue weighted by Crippen LogP contribution is -2.38. The Hall–Kier alpha value is -2.12. The lowest BCUT2D eigenvalue weighted by Gasteiger charge is -2.38. The molecule has 140 valence electrons. The molecule has 4 rings (SSSR count). The predicted molar refractivity (Wildman–Crippen MR) is 88.2 cm³/mol. The summed E-state index contributed by atoms with van der Waals surface area (Å²) in [5.41, 5.74) is 1.74. The molecule has 0 aromatic heterocycles. The Kier molecular flexibility index (Phi) is 3.79. The molecule has 1 unspecified atom stereocenters. The lowest BCUT2D eigenvalue weighted by atomic mass is 9.70. The van der Waals surface area contributed by atoms with Gasteiger partial charge >= 0.3 is 11.9 Å². The third kappa shape index (κ3) is 2.34. The van der Waals surface area contributed by atoms with Crippen LogP contribution in [-0.2, 0) is 23.8 Å². The van der Waals surface area contributed by atoms with Crippen molar-refractivity contribution in [2.75, 3.05) is 0 Å². The van der Waals surface area contributed by atoms with Gasteiger partial charge in [-0.05, 0) is 30.9 Å². The van der Waals surface area contributed by atoms with Crippen LogP contribution in [0.4, 0.5) is 0 Å². The van der Waals surface area contributed by atoms with Gasteiger partial charge in [-0.3, -0.25) is 0 Å². The van der Waals surface area contributed by atoms with Crippen molar-refractivity contribution >= 4 is 11.9 Å². The Bertz CT molecular complexity index is 773. The molecule has 0 bridgehead atoms. The number of ether oxygens (including phenoxy) is 3. The number of aliphatic hydroxyl groups is 2. The number of fused-ring (bicyclic) bond motifs is 2. The molecule has 0 saturated carbocycles. The second-order valence-corrected chi connectivity index (χ2v) is 7.84. The average Bonchev–Trinajstić information content (AvgIpc) is 3.15. The minimum absolute atomic E-state index is 0.219. The molecule has 0 aromatic carbocycles. The van der Waals surface area contributed by atoms with Crippen LogP contribution in [-0.4, -0.2) is 46.8 Å². The number of aliphatic hydroxyl groups excluding tert-OH is 2. The van der Waals surface area contributed by atoms with Gasteiger partial charge in [0.15, 0.2) is 0 Å². The monoisotopic (exact) mass is 362 g/mol. The van der Waals surface area contributed by atoms with Gasteiger partial charge in [0.1, 0.15) is 6.10 Å². The first-order valence-electron chi connectivity index (χ1n) is 8.77. The molecule has 0 radical (unpaired) electrons. The van der Waals surface area contributed by atoms with E-state index in [0.717, 1.165) is 11.1 Å². The Balaban J connectivity index is 1.61. The molecule has 0 aromatic rings. The molecule has 2 heterocycles. The second kappa shape index (κ2) is 5.69. The number of cyclic esters (lactones) is 1. The van der Waals surface area contributed by atoms with Gasteiger partial charge < -0.3 is 24.4 Å². The molecule has 1 fully saturated rings. The number of carbonyl (C=O) groups is 2. The van der Waals surface area contributed by atoms with E-state index in [2.05, 4.69) is 0 Å². The zero-order valence-corrected chi connectivity index (χ0v) is 14.9. The first kappa shape index (κ1) is 17.3. The van der Waals surface area contributed by atoms with E-state index in [1.165, 1.54) is 12.3 Å². The fourth-order valence-corrected chi connectivity index (χ4v) is 4.42. The number of hydrogen-bond acceptors (Lipinski definition) is 7. The molecule has 1 saturated heterocycles. The lowest BCUT2D eigenvalue weighted by molar-refractivity contribution is -0.152. The summed E-state index contributed by atoms with van der Waals surface area (Å²) in [7, 11) is 0. The molecular formula is C19H22O7. The van der Waals surface area contributed by atoms with Gasteiger partial charge in [-0.1, -0.05) is 13.8 Å². The van der Waals surface area contributed by atoms with E-state index in [4.69, 9.17) is 14.2 Å². The van der Waals surface area contributed by atoms with Crippen LogP contribution in [0.15, 0.2) is 34.6 Å². The molecule has 2 N–H and O–H groups in total. The van der Waals surface area contributed by atoms with E-state index < -0.39 is 47.9 Å². The van der Waals surface area contributed by atoms with Crippen molar-refractivity contribution in [3.05, 3.63) is 34.6 Å². The number of carbonyl (C=O) groups excluding carboxylic acids is 2. The topological polar surface area (TPSA) is 102 Å². The zero-order chi connectivity index (χ0) is 18.8. The largest absolute Gasteiger partial charge is 0.458 e. The molecule has 26 heavy (non-hydrogen) atoms. The van der Waals surface area contributed by atoms with E-state index in [9.17, 15) is 19.8 Å². The molecule has 2 aliphatic carbocycles. The Labute approximate surface area is 150 Å². The third-order valence-electron chi connectivity index (χ3n) is 5.96. The van der Waals surface area contributed by atoms with Crippen molar-refractivity contribution in [1.29, 1.82) is 0 Å². The van der Waals surface area contributed by atoms with Crippen LogP contribution in [0.1, 0.15) is 33.6 Å². The molecule has 7 heteroatoms. The SMILES string of the molecule is CC1=C[C@H](O/C=C2/C(=O)O[C@@H]3C4=C(CCC(O)C4(C)C)[C@@H](O)[C@H]23)OC1=O. The molecule has 0 spiro atoms. The predicted octanol–water partition coefficient (Wildman–Crippen LogP) is 1.11. The maximum atomic E-state index is 12.3. The molecule has 5 atom stereocenters. The second-order valence-electron chi connectivity index (χ2n) is 7.84. The molecule has 7 nitrogen and oxygen atoms in total. The summed E-state index contributed by atoms with van der Waals surface area (Å²) in [6, 6.07) is 0. The fourth-order valence-electron chi connectivity index (χ4n) is 4.42. The van der Waals surface area contributed by atoms with Crippen molar-refractivity contribution in [2.24, 2.45) is 11.3 Å². The highest BCUT2D eigenvalue weighted by molar-refractivity contribution is 5.93. The van der Waals surface area contributed by atoms with Gasteiger partial charge in [0.05, 0.1) is 30.0 Å². The fraction of sp³-hybridized carbons (Fsp3) is 0.579. The van der Waals surface area contributed by atoms with Crippen molar-refractivity contribution in [3.8, 4) is 0 Å². The van der Waals surface area contributed by atoms with Crippen molar-refractivity contribution in [2.45, 2.75) is 58.2 Å². The molecular weight excluding hydrogens is 340 g/mol. The van der Waals surface area contributed by atoms with E-state index in [-0.39, 0.29) is 5.57 Å². The van der Waals surface area contributed by atoms with Crippen LogP contribution in [0, 0.1) is 11.3 Å². The van der Waals surface area contributed by atoms with Gasteiger partial charge in [-0.15, -0.1) is 0 Å². The highest BCUT2D eigenvalue weighted by Crippen LogP contribution is 2.54. The zero-order valence-electron chi connectivity index (χ0n) is 14.9. The normalized spacial score (nSPS) is 39.5. The first-order valence-corrected chi connectivity index (χ1v) is 8.77. The third-order valence-corrected chi connectivity index (χ3v) is 5.96. The summed E-state index contributed by atoms with van der Waals surface area (Å²) in [4.78, 5) is 23.7. The van der Waals surface area contributed by atoms with Gasteiger partial charge in [0, 0.05) is 17.1 Å². The van der Waals surface area contributed by atoms with E-state index in [1.807, 2.05) is 13.8 Å². The standard InChI is InChI=1S/C19H22O7/c1-8-6-12(25-17(8)22)24-7-10-13-15(21)9-4-5-11(20)19(2,3)14(9)16(13)26-18(10)23/h6-7,11-13,15-16,20-21H,4-5H2,1-3H3/b10-7+/t11?,12-,13+,15-,16+/m1/s1. The summed E-state index contributed by atoms with van der Waals surface area (Å²) >= 11 is 0. The molecule has 2 aliphatic heterocycles. The average molecular weight is 362 g/mol. The minimum atomic E-state index is -0.888. The highest BCUT2D eigenvalue weighted by Gasteiger charge is 2.58. The summed E-state index contributed by atoms with van der Waals surface area (Å²) in [5.74, 6) is -1.60. The number of esters is 2. The van der Waals surface area contributed by atoms with Crippen LogP contribution < -0.4 is 0 Å². The van der Waals surface area contributed by atoms with Crippen LogP contribution in [0.2, 0.25) is 0 Å². The Morgan fingerprint density at radius 3 is 2.62 bits per heavy atom. The van der Waals surface area contributed by atoms with E-state index in [0.29, 0.717) is 18.4 Å².